The molecule has 27 heavy (non-hydrogen) atoms. The SMILES string of the molecule is COCCNC(=O)c1ccccc1OCc1nc(-c2ccc(C)cc2)no1. The summed E-state index contributed by atoms with van der Waals surface area (Å²) < 4.78 is 15.9. The second-order valence-corrected chi connectivity index (χ2v) is 5.91. The van der Waals surface area contributed by atoms with Crippen LogP contribution in [0.5, 0.6) is 5.75 Å². The number of aromatic nitrogens is 2. The Bertz CT molecular complexity index is 890. The van der Waals surface area contributed by atoms with Crippen LogP contribution in [0.15, 0.2) is 53.1 Å². The Kier molecular flexibility index (Phi) is 6.17. The fourth-order valence-corrected chi connectivity index (χ4v) is 2.41. The van der Waals surface area contributed by atoms with Crippen molar-refractivity contribution in [1.82, 2.24) is 15.5 Å². The molecule has 3 aromatic rings. The second kappa shape index (κ2) is 8.95. The van der Waals surface area contributed by atoms with Crippen molar-refractivity contribution in [3.8, 4) is 17.1 Å². The molecule has 0 aliphatic rings. The number of methoxy groups -OCH3 is 1. The molecule has 0 radical (unpaired) electrons. The number of hydrogen-bond donors (Lipinski definition) is 1. The molecule has 0 unspecified atom stereocenters. The summed E-state index contributed by atoms with van der Waals surface area (Å²) in [4.78, 5) is 16.6. The summed E-state index contributed by atoms with van der Waals surface area (Å²) in [6.07, 6.45) is 0. The van der Waals surface area contributed by atoms with Crippen LogP contribution in [0.2, 0.25) is 0 Å². The number of nitrogens with zero attached hydrogens (tertiary/aromatic N) is 2. The lowest BCUT2D eigenvalue weighted by molar-refractivity contribution is 0.0931. The Morgan fingerprint density at radius 1 is 1.15 bits per heavy atom. The molecule has 0 saturated heterocycles. The first kappa shape index (κ1) is 18.6. The molecule has 0 fully saturated rings. The number of aryl methyl sites for hydroxylation is 1. The van der Waals surface area contributed by atoms with Crippen molar-refractivity contribution in [2.75, 3.05) is 20.3 Å². The van der Waals surface area contributed by atoms with Crippen molar-refractivity contribution < 1.29 is 18.8 Å². The van der Waals surface area contributed by atoms with Gasteiger partial charge in [0.1, 0.15) is 5.75 Å². The summed E-state index contributed by atoms with van der Waals surface area (Å²) in [6.45, 7) is 2.95. The van der Waals surface area contributed by atoms with E-state index in [4.69, 9.17) is 14.0 Å². The summed E-state index contributed by atoms with van der Waals surface area (Å²) >= 11 is 0. The first-order valence-corrected chi connectivity index (χ1v) is 8.56. The average molecular weight is 367 g/mol. The molecule has 0 atom stereocenters. The quantitative estimate of drug-likeness (QED) is 0.616. The lowest BCUT2D eigenvalue weighted by Crippen LogP contribution is -2.27. The van der Waals surface area contributed by atoms with Crippen molar-refractivity contribution in [3.63, 3.8) is 0 Å². The second-order valence-electron chi connectivity index (χ2n) is 5.91. The molecular weight excluding hydrogens is 346 g/mol. The van der Waals surface area contributed by atoms with E-state index in [0.29, 0.717) is 36.2 Å². The van der Waals surface area contributed by atoms with Crippen molar-refractivity contribution in [2.45, 2.75) is 13.5 Å². The number of para-hydroxylation sites is 1. The number of benzene rings is 2. The zero-order valence-corrected chi connectivity index (χ0v) is 15.3. The minimum absolute atomic E-state index is 0.0707. The third-order valence-corrected chi connectivity index (χ3v) is 3.85. The van der Waals surface area contributed by atoms with E-state index >= 15 is 0 Å². The molecule has 7 heteroatoms. The molecule has 3 rings (SSSR count). The Morgan fingerprint density at radius 2 is 1.93 bits per heavy atom. The molecule has 0 aliphatic carbocycles. The first-order valence-electron chi connectivity index (χ1n) is 8.56. The van der Waals surface area contributed by atoms with Gasteiger partial charge in [0.15, 0.2) is 6.61 Å². The van der Waals surface area contributed by atoms with Crippen LogP contribution in [0.1, 0.15) is 21.8 Å². The monoisotopic (exact) mass is 367 g/mol. The predicted molar refractivity (Wildman–Crippen MR) is 99.5 cm³/mol. The zero-order chi connectivity index (χ0) is 19.1. The molecule has 0 bridgehead atoms. The maximum Gasteiger partial charge on any atom is 0.264 e. The molecule has 0 saturated carbocycles. The van der Waals surface area contributed by atoms with E-state index in [2.05, 4.69) is 15.5 Å². The van der Waals surface area contributed by atoms with Gasteiger partial charge in [-0.25, -0.2) is 0 Å². The Morgan fingerprint density at radius 3 is 2.70 bits per heavy atom. The lowest BCUT2D eigenvalue weighted by Gasteiger charge is -2.10. The van der Waals surface area contributed by atoms with E-state index in [-0.39, 0.29) is 12.5 Å². The van der Waals surface area contributed by atoms with Crippen LogP contribution in [-0.4, -0.2) is 36.3 Å². The number of carbonyl (C=O) groups excluding carboxylic acids is 1. The van der Waals surface area contributed by atoms with Crippen molar-refractivity contribution >= 4 is 5.91 Å². The first-order chi connectivity index (χ1) is 13.2. The van der Waals surface area contributed by atoms with Crippen molar-refractivity contribution in [2.24, 2.45) is 0 Å². The van der Waals surface area contributed by atoms with E-state index in [9.17, 15) is 4.79 Å². The number of hydrogen-bond acceptors (Lipinski definition) is 6. The van der Waals surface area contributed by atoms with Gasteiger partial charge in [0.2, 0.25) is 5.82 Å². The maximum absolute atomic E-state index is 12.3. The van der Waals surface area contributed by atoms with Gasteiger partial charge in [-0.05, 0) is 19.1 Å². The van der Waals surface area contributed by atoms with Gasteiger partial charge >= 0.3 is 0 Å². The topological polar surface area (TPSA) is 86.5 Å². The van der Waals surface area contributed by atoms with Crippen LogP contribution in [-0.2, 0) is 11.3 Å². The summed E-state index contributed by atoms with van der Waals surface area (Å²) in [6, 6.07) is 14.8. The van der Waals surface area contributed by atoms with Gasteiger partial charge in [0.05, 0.1) is 12.2 Å². The maximum atomic E-state index is 12.3. The highest BCUT2D eigenvalue weighted by molar-refractivity contribution is 5.96. The predicted octanol–water partition coefficient (Wildman–Crippen LogP) is 3.00. The van der Waals surface area contributed by atoms with Gasteiger partial charge in [0, 0.05) is 19.2 Å². The molecule has 7 nitrogen and oxygen atoms in total. The third kappa shape index (κ3) is 4.92. The highest BCUT2D eigenvalue weighted by atomic mass is 16.5. The number of nitrogens with one attached hydrogen (secondary N) is 1. The normalized spacial score (nSPS) is 10.6. The van der Waals surface area contributed by atoms with Crippen LogP contribution in [0.4, 0.5) is 0 Å². The summed E-state index contributed by atoms with van der Waals surface area (Å²) in [5.41, 5.74) is 2.46. The summed E-state index contributed by atoms with van der Waals surface area (Å²) in [5.74, 6) is 1.05. The largest absolute Gasteiger partial charge is 0.483 e. The Labute approximate surface area is 157 Å². The van der Waals surface area contributed by atoms with E-state index in [1.54, 1.807) is 31.4 Å². The highest BCUT2D eigenvalue weighted by Gasteiger charge is 2.14. The van der Waals surface area contributed by atoms with Gasteiger partial charge in [-0.15, -0.1) is 0 Å². The fraction of sp³-hybridized carbons (Fsp3) is 0.250. The van der Waals surface area contributed by atoms with Crippen molar-refractivity contribution in [1.29, 1.82) is 0 Å². The molecule has 1 N–H and O–H groups in total. The minimum Gasteiger partial charge on any atom is -0.483 e. The molecule has 1 heterocycles. The van der Waals surface area contributed by atoms with Crippen molar-refractivity contribution in [3.05, 3.63) is 65.5 Å². The number of rotatable bonds is 8. The summed E-state index contributed by atoms with van der Waals surface area (Å²) in [5, 5.41) is 6.75. The number of amides is 1. The molecule has 1 aromatic heterocycles. The highest BCUT2D eigenvalue weighted by Crippen LogP contribution is 2.20. The lowest BCUT2D eigenvalue weighted by atomic mass is 10.1. The van der Waals surface area contributed by atoms with E-state index in [0.717, 1.165) is 11.1 Å². The van der Waals surface area contributed by atoms with E-state index in [1.807, 2.05) is 31.2 Å². The van der Waals surface area contributed by atoms with E-state index in [1.165, 1.54) is 0 Å². The van der Waals surface area contributed by atoms with Gasteiger partial charge in [-0.1, -0.05) is 47.1 Å². The third-order valence-electron chi connectivity index (χ3n) is 3.85. The van der Waals surface area contributed by atoms with Crippen LogP contribution in [0.3, 0.4) is 0 Å². The van der Waals surface area contributed by atoms with Gasteiger partial charge in [0.25, 0.3) is 11.8 Å². The van der Waals surface area contributed by atoms with Gasteiger partial charge in [-0.2, -0.15) is 4.98 Å². The fourth-order valence-electron chi connectivity index (χ4n) is 2.41. The molecular formula is C20H21N3O4. The molecule has 140 valence electrons. The zero-order valence-electron chi connectivity index (χ0n) is 15.3. The minimum atomic E-state index is -0.228. The van der Waals surface area contributed by atoms with Crippen LogP contribution in [0.25, 0.3) is 11.4 Å². The Balaban J connectivity index is 1.65. The summed E-state index contributed by atoms with van der Waals surface area (Å²) in [7, 11) is 1.58. The smallest absolute Gasteiger partial charge is 0.264 e. The van der Waals surface area contributed by atoms with E-state index < -0.39 is 0 Å². The van der Waals surface area contributed by atoms with Crippen LogP contribution >= 0.6 is 0 Å². The molecule has 2 aromatic carbocycles. The average Bonchev–Trinajstić information content (AvgIpc) is 3.16. The Hall–Kier alpha value is -3.19. The van der Waals surface area contributed by atoms with Gasteiger partial charge in [-0.3, -0.25) is 4.79 Å². The van der Waals surface area contributed by atoms with Crippen LogP contribution in [0, 0.1) is 6.92 Å². The number of carbonyl (C=O) groups is 1. The molecule has 0 spiro atoms. The molecule has 0 aliphatic heterocycles. The van der Waals surface area contributed by atoms with Crippen LogP contribution < -0.4 is 10.1 Å². The molecule has 1 amide bonds. The number of ether oxygens (including phenoxy) is 2. The standard InChI is InChI=1S/C20H21N3O4/c1-14-7-9-15(10-8-14)19-22-18(27-23-19)13-26-17-6-4-3-5-16(17)20(24)21-11-12-25-2/h3-10H,11-13H2,1-2H3,(H,21,24). The van der Waals surface area contributed by atoms with Gasteiger partial charge < -0.3 is 19.3 Å².